The van der Waals surface area contributed by atoms with Crippen LogP contribution < -0.4 is 10.1 Å². The first-order valence-corrected chi connectivity index (χ1v) is 12.8. The Bertz CT molecular complexity index is 1420. The van der Waals surface area contributed by atoms with Gasteiger partial charge in [0.25, 0.3) is 0 Å². The van der Waals surface area contributed by atoms with Gasteiger partial charge in [-0.1, -0.05) is 30.3 Å². The zero-order valence-corrected chi connectivity index (χ0v) is 23.0. The van der Waals surface area contributed by atoms with Gasteiger partial charge in [-0.3, -0.25) is 4.79 Å². The zero-order chi connectivity index (χ0) is 28.5. The van der Waals surface area contributed by atoms with Crippen molar-refractivity contribution in [3.8, 4) is 11.8 Å². The summed E-state index contributed by atoms with van der Waals surface area (Å²) in [6.07, 6.45) is 3.37. The van der Waals surface area contributed by atoms with Crippen LogP contribution >= 0.6 is 0 Å². The molecule has 9 nitrogen and oxygen atoms in total. The molecule has 1 atom stereocenters. The minimum atomic E-state index is -0.629. The van der Waals surface area contributed by atoms with Crippen LogP contribution in [0.2, 0.25) is 0 Å². The number of benzene rings is 2. The molecule has 4 aromatic rings. The van der Waals surface area contributed by atoms with E-state index < -0.39 is 17.5 Å². The van der Waals surface area contributed by atoms with Crippen LogP contribution in [-0.2, 0) is 20.8 Å². The van der Waals surface area contributed by atoms with Gasteiger partial charge >= 0.3 is 17.9 Å². The second-order valence-corrected chi connectivity index (χ2v) is 10.0. The topological polar surface area (TPSA) is 113 Å². The molecule has 9 heteroatoms. The maximum absolute atomic E-state index is 12.8. The maximum Gasteiger partial charge on any atom is 0.337 e. The molecule has 2 aromatic heterocycles. The minimum Gasteiger partial charge on any atom is -0.465 e. The van der Waals surface area contributed by atoms with Gasteiger partial charge in [0.1, 0.15) is 17.2 Å². The Morgan fingerprint density at radius 3 is 2.30 bits per heavy atom. The van der Waals surface area contributed by atoms with E-state index in [1.807, 2.05) is 63.2 Å². The van der Waals surface area contributed by atoms with Crippen LogP contribution in [0.1, 0.15) is 60.3 Å². The van der Waals surface area contributed by atoms with E-state index in [-0.39, 0.29) is 18.4 Å². The lowest BCUT2D eigenvalue weighted by molar-refractivity contribution is -0.155. The number of nitrogens with zero attached hydrogens (tertiary/aromatic N) is 3. The van der Waals surface area contributed by atoms with Crippen molar-refractivity contribution >= 4 is 17.8 Å². The van der Waals surface area contributed by atoms with E-state index >= 15 is 0 Å². The number of pyridine rings is 1. The van der Waals surface area contributed by atoms with E-state index in [4.69, 9.17) is 14.2 Å². The summed E-state index contributed by atoms with van der Waals surface area (Å²) in [4.78, 5) is 37.8. The van der Waals surface area contributed by atoms with Crippen LogP contribution in [0.4, 0.5) is 5.82 Å². The molecule has 206 valence electrons. The van der Waals surface area contributed by atoms with Crippen molar-refractivity contribution in [2.24, 2.45) is 0 Å². The molecule has 0 saturated carbocycles. The fourth-order valence-corrected chi connectivity index (χ4v) is 3.95. The summed E-state index contributed by atoms with van der Waals surface area (Å²) in [5, 5.41) is 3.27. The highest BCUT2D eigenvalue weighted by molar-refractivity contribution is 5.89. The van der Waals surface area contributed by atoms with Crippen LogP contribution in [0.25, 0.3) is 0 Å². The van der Waals surface area contributed by atoms with Crippen molar-refractivity contribution in [1.82, 2.24) is 15.0 Å². The Kier molecular flexibility index (Phi) is 9.06. The lowest BCUT2D eigenvalue weighted by atomic mass is 9.91. The number of nitrogens with one attached hydrogen (secondary N) is 1. The van der Waals surface area contributed by atoms with E-state index in [2.05, 4.69) is 20.3 Å². The fourth-order valence-electron chi connectivity index (χ4n) is 3.95. The molecule has 0 aliphatic heterocycles. The minimum absolute atomic E-state index is 0.0449. The number of carbonyl (C=O) groups is 2. The molecular weight excluding hydrogens is 508 g/mol. The van der Waals surface area contributed by atoms with Gasteiger partial charge in [0.15, 0.2) is 0 Å². The molecule has 0 fully saturated rings. The largest absolute Gasteiger partial charge is 0.465 e. The van der Waals surface area contributed by atoms with Crippen molar-refractivity contribution in [3.63, 3.8) is 0 Å². The highest BCUT2D eigenvalue weighted by Crippen LogP contribution is 2.30. The molecule has 40 heavy (non-hydrogen) atoms. The molecule has 0 aliphatic rings. The molecule has 0 radical (unpaired) electrons. The first-order valence-electron chi connectivity index (χ1n) is 12.8. The van der Waals surface area contributed by atoms with E-state index in [0.717, 1.165) is 16.9 Å². The number of ether oxygens (including phenoxy) is 3. The number of methoxy groups -OCH3 is 1. The number of anilines is 1. The number of esters is 2. The van der Waals surface area contributed by atoms with Crippen LogP contribution in [0.5, 0.6) is 11.8 Å². The average molecular weight is 541 g/mol. The molecule has 0 saturated heterocycles. The molecule has 1 N–H and O–H groups in total. The third-order valence-electron chi connectivity index (χ3n) is 5.81. The Morgan fingerprint density at radius 1 is 0.900 bits per heavy atom. The number of aromatic nitrogens is 3. The lowest BCUT2D eigenvalue weighted by Gasteiger charge is -2.22. The van der Waals surface area contributed by atoms with Gasteiger partial charge in [0, 0.05) is 24.9 Å². The first kappa shape index (κ1) is 28.2. The average Bonchev–Trinajstić information content (AvgIpc) is 2.95. The molecule has 2 heterocycles. The SMILES string of the molecule is COC(=O)c1ccc(C(CC(=O)OC(C)(C)C)c2ccnc(Oc3ccc(CNc4ccccn4)cc3)n2)cc1. The molecule has 0 bridgehead atoms. The van der Waals surface area contributed by atoms with Gasteiger partial charge in [-0.15, -0.1) is 0 Å². The Balaban J connectivity index is 1.51. The van der Waals surface area contributed by atoms with Crippen molar-refractivity contribution in [3.05, 3.63) is 108 Å². The van der Waals surface area contributed by atoms with Gasteiger partial charge in [0.05, 0.1) is 24.8 Å². The molecule has 1 unspecified atom stereocenters. The van der Waals surface area contributed by atoms with Gasteiger partial charge in [0.2, 0.25) is 0 Å². The van der Waals surface area contributed by atoms with E-state index in [0.29, 0.717) is 23.6 Å². The van der Waals surface area contributed by atoms with Gasteiger partial charge in [-0.25, -0.2) is 14.8 Å². The molecule has 0 spiro atoms. The fraction of sp³-hybridized carbons (Fsp3) is 0.258. The summed E-state index contributed by atoms with van der Waals surface area (Å²) in [6, 6.07) is 22.1. The molecule has 4 rings (SSSR count). The van der Waals surface area contributed by atoms with Crippen LogP contribution in [0.3, 0.4) is 0 Å². The maximum atomic E-state index is 12.8. The summed E-state index contributed by atoms with van der Waals surface area (Å²) < 4.78 is 16.3. The second kappa shape index (κ2) is 12.8. The van der Waals surface area contributed by atoms with Crippen molar-refractivity contribution in [1.29, 1.82) is 0 Å². The summed E-state index contributed by atoms with van der Waals surface area (Å²) >= 11 is 0. The van der Waals surface area contributed by atoms with Gasteiger partial charge < -0.3 is 19.5 Å². The number of hydrogen-bond donors (Lipinski definition) is 1. The highest BCUT2D eigenvalue weighted by Gasteiger charge is 2.25. The van der Waals surface area contributed by atoms with E-state index in [9.17, 15) is 9.59 Å². The van der Waals surface area contributed by atoms with Crippen molar-refractivity contribution in [2.45, 2.75) is 45.3 Å². The molecule has 0 aliphatic carbocycles. The number of carbonyl (C=O) groups excluding carboxylic acids is 2. The Morgan fingerprint density at radius 2 is 1.65 bits per heavy atom. The quantitative estimate of drug-likeness (QED) is 0.245. The molecule has 0 amide bonds. The van der Waals surface area contributed by atoms with Gasteiger partial charge in [-0.2, -0.15) is 4.98 Å². The number of hydrogen-bond acceptors (Lipinski definition) is 9. The Labute approximate surface area is 233 Å². The van der Waals surface area contributed by atoms with E-state index in [1.54, 1.807) is 42.7 Å². The third-order valence-corrected chi connectivity index (χ3v) is 5.81. The van der Waals surface area contributed by atoms with Crippen molar-refractivity contribution < 1.29 is 23.8 Å². The van der Waals surface area contributed by atoms with Crippen LogP contribution in [0.15, 0.2) is 85.2 Å². The summed E-state index contributed by atoms with van der Waals surface area (Å²) in [6.45, 7) is 6.08. The summed E-state index contributed by atoms with van der Waals surface area (Å²) in [5.41, 5.74) is 2.20. The van der Waals surface area contributed by atoms with Crippen LogP contribution in [0, 0.1) is 0 Å². The number of rotatable bonds is 10. The molecule has 2 aromatic carbocycles. The summed E-state index contributed by atoms with van der Waals surface area (Å²) in [5.74, 6) is 0.114. The van der Waals surface area contributed by atoms with Crippen molar-refractivity contribution in [2.75, 3.05) is 12.4 Å². The normalized spacial score (nSPS) is 11.8. The predicted octanol–water partition coefficient (Wildman–Crippen LogP) is 5.93. The Hall–Kier alpha value is -4.79. The highest BCUT2D eigenvalue weighted by atomic mass is 16.6. The smallest absolute Gasteiger partial charge is 0.337 e. The summed E-state index contributed by atoms with van der Waals surface area (Å²) in [7, 11) is 1.33. The predicted molar refractivity (Wildman–Crippen MR) is 150 cm³/mol. The van der Waals surface area contributed by atoms with Crippen LogP contribution in [-0.4, -0.2) is 39.6 Å². The molecular formula is C31H32N4O5. The first-order chi connectivity index (χ1) is 19.2. The zero-order valence-electron chi connectivity index (χ0n) is 23.0. The van der Waals surface area contributed by atoms with Gasteiger partial charge in [-0.05, 0) is 74.4 Å². The van der Waals surface area contributed by atoms with E-state index in [1.165, 1.54) is 7.11 Å². The second-order valence-electron chi connectivity index (χ2n) is 10.0. The monoisotopic (exact) mass is 540 g/mol. The standard InChI is InChI=1S/C31H32N4O5/c1-31(2,3)40-28(36)19-25(22-10-12-23(13-11-22)29(37)38-4)26-16-18-33-30(35-26)39-24-14-8-21(9-15-24)20-34-27-7-5-6-17-32-27/h5-18,25H,19-20H2,1-4H3,(H,32,34). The lowest BCUT2D eigenvalue weighted by Crippen LogP contribution is -2.25. The third kappa shape index (κ3) is 8.10.